The smallest absolute Gasteiger partial charge is 0.258 e. The monoisotopic (exact) mass is 387 g/mol. The molecule has 5 heteroatoms. The second kappa shape index (κ2) is 9.55. The molecule has 0 heterocycles. The van der Waals surface area contributed by atoms with Crippen molar-refractivity contribution in [3.63, 3.8) is 0 Å². The fourth-order valence-corrected chi connectivity index (χ4v) is 3.05. The number of hydrogen-bond donors (Lipinski definition) is 2. The molecule has 0 fully saturated rings. The van der Waals surface area contributed by atoms with Crippen LogP contribution in [0.25, 0.3) is 0 Å². The lowest BCUT2D eigenvalue weighted by molar-refractivity contribution is -0.114. The van der Waals surface area contributed by atoms with Crippen LogP contribution < -0.4 is 15.5 Å². The maximum atomic E-state index is 12.8. The van der Waals surface area contributed by atoms with Gasteiger partial charge < -0.3 is 15.5 Å². The van der Waals surface area contributed by atoms with Crippen molar-refractivity contribution in [1.29, 1.82) is 0 Å². The van der Waals surface area contributed by atoms with Crippen molar-refractivity contribution in [3.05, 3.63) is 90.0 Å². The Hall–Kier alpha value is -3.60. The standard InChI is InChI=1S/C24H25N3O2/c1-3-27(22-10-5-4-6-11-22)24(29)19-12-14-20(15-13-19)25-17-23(28)26-21-9-7-8-18(2)16-21/h4-16,25H,3,17H2,1-2H3,(H,26,28). The van der Waals surface area contributed by atoms with Gasteiger partial charge in [-0.1, -0.05) is 30.3 Å². The Morgan fingerprint density at radius 2 is 1.59 bits per heavy atom. The predicted octanol–water partition coefficient (Wildman–Crippen LogP) is 4.71. The molecular formula is C24H25N3O2. The number of para-hydroxylation sites is 1. The first-order valence-corrected chi connectivity index (χ1v) is 9.64. The van der Waals surface area contributed by atoms with Gasteiger partial charge in [0.2, 0.25) is 5.91 Å². The number of nitrogens with zero attached hydrogens (tertiary/aromatic N) is 1. The van der Waals surface area contributed by atoms with Crippen molar-refractivity contribution < 1.29 is 9.59 Å². The van der Waals surface area contributed by atoms with Gasteiger partial charge in [0, 0.05) is 29.2 Å². The molecule has 29 heavy (non-hydrogen) atoms. The van der Waals surface area contributed by atoms with E-state index in [0.29, 0.717) is 12.1 Å². The summed E-state index contributed by atoms with van der Waals surface area (Å²) < 4.78 is 0. The highest BCUT2D eigenvalue weighted by Crippen LogP contribution is 2.18. The molecule has 0 spiro atoms. The van der Waals surface area contributed by atoms with Crippen LogP contribution in [0.1, 0.15) is 22.8 Å². The lowest BCUT2D eigenvalue weighted by Crippen LogP contribution is -2.30. The quantitative estimate of drug-likeness (QED) is 0.617. The third kappa shape index (κ3) is 5.45. The molecule has 0 bridgehead atoms. The molecule has 0 saturated carbocycles. The van der Waals surface area contributed by atoms with E-state index in [9.17, 15) is 9.59 Å². The van der Waals surface area contributed by atoms with E-state index in [0.717, 1.165) is 22.6 Å². The van der Waals surface area contributed by atoms with E-state index >= 15 is 0 Å². The molecule has 0 aliphatic heterocycles. The van der Waals surface area contributed by atoms with E-state index in [2.05, 4.69) is 10.6 Å². The number of carbonyl (C=O) groups is 2. The minimum Gasteiger partial charge on any atom is -0.376 e. The van der Waals surface area contributed by atoms with Gasteiger partial charge in [0.1, 0.15) is 0 Å². The van der Waals surface area contributed by atoms with Crippen LogP contribution in [0.15, 0.2) is 78.9 Å². The largest absolute Gasteiger partial charge is 0.376 e. The van der Waals surface area contributed by atoms with Crippen molar-refractivity contribution in [2.24, 2.45) is 0 Å². The number of amides is 2. The second-order valence-electron chi connectivity index (χ2n) is 6.73. The minimum atomic E-state index is -0.128. The first-order valence-electron chi connectivity index (χ1n) is 9.64. The third-order valence-electron chi connectivity index (χ3n) is 4.52. The van der Waals surface area contributed by atoms with Gasteiger partial charge in [-0.05, 0) is 67.9 Å². The van der Waals surface area contributed by atoms with Crippen molar-refractivity contribution in [3.8, 4) is 0 Å². The molecule has 2 N–H and O–H groups in total. The summed E-state index contributed by atoms with van der Waals surface area (Å²) >= 11 is 0. The van der Waals surface area contributed by atoms with Crippen LogP contribution in [0.4, 0.5) is 17.1 Å². The van der Waals surface area contributed by atoms with E-state index in [1.807, 2.05) is 80.6 Å². The fourth-order valence-electron chi connectivity index (χ4n) is 3.05. The zero-order valence-electron chi connectivity index (χ0n) is 16.7. The summed E-state index contributed by atoms with van der Waals surface area (Å²) in [5.41, 5.74) is 4.12. The number of aryl methyl sites for hydroxylation is 1. The molecule has 2 amide bonds. The zero-order valence-corrected chi connectivity index (χ0v) is 16.7. The topological polar surface area (TPSA) is 61.4 Å². The normalized spacial score (nSPS) is 10.3. The molecular weight excluding hydrogens is 362 g/mol. The molecule has 0 radical (unpaired) electrons. The maximum absolute atomic E-state index is 12.8. The van der Waals surface area contributed by atoms with Crippen LogP contribution in [0.3, 0.4) is 0 Å². The van der Waals surface area contributed by atoms with Gasteiger partial charge in [0.05, 0.1) is 6.54 Å². The first kappa shape index (κ1) is 20.1. The lowest BCUT2D eigenvalue weighted by Gasteiger charge is -2.21. The fraction of sp³-hybridized carbons (Fsp3) is 0.167. The molecule has 0 saturated heterocycles. The Labute approximate surface area is 171 Å². The van der Waals surface area contributed by atoms with Crippen LogP contribution in [-0.2, 0) is 4.79 Å². The highest BCUT2D eigenvalue weighted by molar-refractivity contribution is 6.06. The molecule has 0 aliphatic carbocycles. The van der Waals surface area contributed by atoms with Crippen LogP contribution in [0.2, 0.25) is 0 Å². The Balaban J connectivity index is 1.58. The van der Waals surface area contributed by atoms with E-state index in [1.54, 1.807) is 17.0 Å². The number of carbonyl (C=O) groups excluding carboxylic acids is 2. The average Bonchev–Trinajstić information content (AvgIpc) is 2.74. The van der Waals surface area contributed by atoms with Gasteiger partial charge in [0.15, 0.2) is 0 Å². The number of hydrogen-bond acceptors (Lipinski definition) is 3. The Kier molecular flexibility index (Phi) is 6.63. The van der Waals surface area contributed by atoms with Gasteiger partial charge in [-0.25, -0.2) is 0 Å². The predicted molar refractivity (Wildman–Crippen MR) is 119 cm³/mol. The summed E-state index contributed by atoms with van der Waals surface area (Å²) in [5.74, 6) is -0.181. The van der Waals surface area contributed by atoms with Gasteiger partial charge in [-0.2, -0.15) is 0 Å². The zero-order chi connectivity index (χ0) is 20.6. The molecule has 5 nitrogen and oxygen atoms in total. The average molecular weight is 387 g/mol. The van der Waals surface area contributed by atoms with E-state index in [1.165, 1.54) is 0 Å². The summed E-state index contributed by atoms with van der Waals surface area (Å²) in [7, 11) is 0. The van der Waals surface area contributed by atoms with E-state index < -0.39 is 0 Å². The van der Waals surface area contributed by atoms with Crippen molar-refractivity contribution >= 4 is 28.9 Å². The highest BCUT2D eigenvalue weighted by atomic mass is 16.2. The van der Waals surface area contributed by atoms with Gasteiger partial charge in [-0.15, -0.1) is 0 Å². The SMILES string of the molecule is CCN(C(=O)c1ccc(NCC(=O)Nc2cccc(C)c2)cc1)c1ccccc1. The number of anilines is 3. The van der Waals surface area contributed by atoms with Gasteiger partial charge in [0.25, 0.3) is 5.91 Å². The molecule has 3 rings (SSSR count). The van der Waals surface area contributed by atoms with Crippen LogP contribution in [0, 0.1) is 6.92 Å². The first-order chi connectivity index (χ1) is 14.1. The summed E-state index contributed by atoms with van der Waals surface area (Å²) in [5, 5.41) is 5.94. The lowest BCUT2D eigenvalue weighted by atomic mass is 10.1. The second-order valence-corrected chi connectivity index (χ2v) is 6.73. The molecule has 3 aromatic carbocycles. The van der Waals surface area contributed by atoms with Crippen molar-refractivity contribution in [1.82, 2.24) is 0 Å². The maximum Gasteiger partial charge on any atom is 0.258 e. The van der Waals surface area contributed by atoms with E-state index in [4.69, 9.17) is 0 Å². The Morgan fingerprint density at radius 3 is 2.24 bits per heavy atom. The molecule has 0 aromatic heterocycles. The van der Waals surface area contributed by atoms with Crippen LogP contribution in [-0.4, -0.2) is 24.9 Å². The summed E-state index contributed by atoms with van der Waals surface area (Å²) in [6.45, 7) is 4.66. The summed E-state index contributed by atoms with van der Waals surface area (Å²) in [4.78, 5) is 26.7. The van der Waals surface area contributed by atoms with Crippen molar-refractivity contribution in [2.45, 2.75) is 13.8 Å². The van der Waals surface area contributed by atoms with Crippen molar-refractivity contribution in [2.75, 3.05) is 28.6 Å². The highest BCUT2D eigenvalue weighted by Gasteiger charge is 2.15. The van der Waals surface area contributed by atoms with Gasteiger partial charge >= 0.3 is 0 Å². The third-order valence-corrected chi connectivity index (χ3v) is 4.52. The summed E-state index contributed by atoms with van der Waals surface area (Å²) in [6.07, 6.45) is 0. The number of rotatable bonds is 7. The molecule has 148 valence electrons. The van der Waals surface area contributed by atoms with Crippen LogP contribution in [0.5, 0.6) is 0 Å². The minimum absolute atomic E-state index is 0.0533. The Morgan fingerprint density at radius 1 is 0.862 bits per heavy atom. The molecule has 3 aromatic rings. The Bertz CT molecular complexity index is 969. The van der Waals surface area contributed by atoms with Crippen LogP contribution >= 0.6 is 0 Å². The van der Waals surface area contributed by atoms with Gasteiger partial charge in [-0.3, -0.25) is 9.59 Å². The number of nitrogens with one attached hydrogen (secondary N) is 2. The number of benzene rings is 3. The molecule has 0 atom stereocenters. The molecule has 0 aliphatic rings. The summed E-state index contributed by atoms with van der Waals surface area (Å²) in [6, 6.07) is 24.4. The van der Waals surface area contributed by atoms with E-state index in [-0.39, 0.29) is 18.4 Å². The molecule has 0 unspecified atom stereocenters.